The molecule has 0 spiro atoms. The monoisotopic (exact) mass is 185 g/mol. The number of hydrogen-bond acceptors (Lipinski definition) is 1. The molecule has 2 heteroatoms. The standard InChI is InChI=1S/C3H8IN/c1-4-2-5-3-4/h5H,2-3H2,1H3. The topological polar surface area (TPSA) is 12.0 Å². The van der Waals surface area contributed by atoms with Crippen LogP contribution in [0.3, 0.4) is 0 Å². The molecule has 1 aliphatic rings. The van der Waals surface area contributed by atoms with Gasteiger partial charge < -0.3 is 0 Å². The molecule has 0 aromatic rings. The third-order valence-corrected chi connectivity index (χ3v) is 4.33. The minimum absolute atomic E-state index is 0.213. The van der Waals surface area contributed by atoms with E-state index in [9.17, 15) is 0 Å². The van der Waals surface area contributed by atoms with Gasteiger partial charge in [-0.05, 0) is 0 Å². The summed E-state index contributed by atoms with van der Waals surface area (Å²) in [4.78, 5) is 2.40. The van der Waals surface area contributed by atoms with E-state index in [1.165, 1.54) is 9.10 Å². The second kappa shape index (κ2) is 1.43. The maximum atomic E-state index is 3.23. The molecular formula is C3H8IN. The van der Waals surface area contributed by atoms with Gasteiger partial charge in [-0.15, -0.1) is 0 Å². The molecule has 0 aliphatic carbocycles. The van der Waals surface area contributed by atoms with E-state index in [4.69, 9.17) is 0 Å². The van der Waals surface area contributed by atoms with E-state index in [1.54, 1.807) is 0 Å². The van der Waals surface area contributed by atoms with Crippen LogP contribution in [0.5, 0.6) is 0 Å². The number of hydrogen-bond donors (Lipinski definition) is 1. The van der Waals surface area contributed by atoms with E-state index in [0.29, 0.717) is 0 Å². The second-order valence-electron chi connectivity index (χ2n) is 1.24. The van der Waals surface area contributed by atoms with Gasteiger partial charge in [-0.3, -0.25) is 0 Å². The number of rotatable bonds is 0. The molecule has 0 saturated carbocycles. The van der Waals surface area contributed by atoms with Crippen LogP contribution in [-0.4, -0.2) is 14.0 Å². The Bertz CT molecular complexity index is 33.9. The first-order chi connectivity index (χ1) is 2.39. The fourth-order valence-electron chi connectivity index (χ4n) is 0.283. The second-order valence-corrected chi connectivity index (χ2v) is 6.90. The van der Waals surface area contributed by atoms with Gasteiger partial charge in [0.2, 0.25) is 0 Å². The molecule has 0 amide bonds. The van der Waals surface area contributed by atoms with Gasteiger partial charge in [0.05, 0.1) is 0 Å². The Morgan fingerprint density at radius 3 is 2.00 bits per heavy atom. The molecule has 1 fully saturated rings. The zero-order valence-electron chi connectivity index (χ0n) is 3.29. The molecule has 0 aromatic carbocycles. The van der Waals surface area contributed by atoms with Crippen molar-refractivity contribution >= 4 is 19.8 Å². The summed E-state index contributed by atoms with van der Waals surface area (Å²) >= 11 is -0.213. The van der Waals surface area contributed by atoms with Crippen molar-refractivity contribution in [3.8, 4) is 0 Å². The Morgan fingerprint density at radius 1 is 1.60 bits per heavy atom. The quantitative estimate of drug-likeness (QED) is 0.331. The summed E-state index contributed by atoms with van der Waals surface area (Å²) in [7, 11) is 0. The first-order valence-electron chi connectivity index (χ1n) is 1.62. The Hall–Kier alpha value is 0.690. The van der Waals surface area contributed by atoms with E-state index in [1.807, 2.05) is 0 Å². The average Bonchev–Trinajstić information content (AvgIpc) is 1.30. The summed E-state index contributed by atoms with van der Waals surface area (Å²) in [6, 6.07) is 0. The van der Waals surface area contributed by atoms with Crippen molar-refractivity contribution in [1.82, 2.24) is 5.32 Å². The normalized spacial score (nSPS) is 29.4. The van der Waals surface area contributed by atoms with Gasteiger partial charge in [0.25, 0.3) is 0 Å². The predicted octanol–water partition coefficient (Wildman–Crippen LogP) is 0.641. The van der Waals surface area contributed by atoms with E-state index in [2.05, 4.69) is 10.2 Å². The molecule has 1 aliphatic heterocycles. The Labute approximate surface area is 39.5 Å². The number of nitrogens with one attached hydrogen (secondary N) is 1. The first-order valence-corrected chi connectivity index (χ1v) is 6.83. The van der Waals surface area contributed by atoms with Crippen molar-refractivity contribution < 1.29 is 0 Å². The van der Waals surface area contributed by atoms with Crippen molar-refractivity contribution in [3.63, 3.8) is 0 Å². The van der Waals surface area contributed by atoms with Crippen LogP contribution < -0.4 is 5.32 Å². The van der Waals surface area contributed by atoms with Crippen LogP contribution in [0.15, 0.2) is 0 Å². The number of alkyl halides is 3. The van der Waals surface area contributed by atoms with Crippen LogP contribution in [0.1, 0.15) is 0 Å². The van der Waals surface area contributed by atoms with E-state index >= 15 is 0 Å². The van der Waals surface area contributed by atoms with Gasteiger partial charge >= 0.3 is 39.2 Å². The molecule has 1 N–H and O–H groups in total. The summed E-state index contributed by atoms with van der Waals surface area (Å²) in [5.74, 6) is 0. The molecule has 0 radical (unpaired) electrons. The molecule has 0 atom stereocenters. The van der Waals surface area contributed by atoms with Crippen LogP contribution in [0, 0.1) is 0 Å². The molecule has 0 bridgehead atoms. The van der Waals surface area contributed by atoms with Crippen molar-refractivity contribution in [2.45, 2.75) is 0 Å². The summed E-state index contributed by atoms with van der Waals surface area (Å²) in [6.45, 7) is 0. The number of halogens is 1. The van der Waals surface area contributed by atoms with E-state index in [0.717, 1.165) is 0 Å². The zero-order valence-corrected chi connectivity index (χ0v) is 5.45. The van der Waals surface area contributed by atoms with Crippen LogP contribution in [0.4, 0.5) is 0 Å². The summed E-state index contributed by atoms with van der Waals surface area (Å²) in [5, 5.41) is 3.23. The van der Waals surface area contributed by atoms with Gasteiger partial charge in [-0.1, -0.05) is 0 Å². The summed E-state index contributed by atoms with van der Waals surface area (Å²) in [5.41, 5.74) is 0. The summed E-state index contributed by atoms with van der Waals surface area (Å²) in [6.07, 6.45) is 0. The van der Waals surface area contributed by atoms with Crippen LogP contribution >= 0.6 is 19.8 Å². The molecule has 0 aromatic heterocycles. The Balaban J connectivity index is 2.08. The zero-order chi connectivity index (χ0) is 3.70. The van der Waals surface area contributed by atoms with Crippen LogP contribution in [0.25, 0.3) is 0 Å². The predicted molar refractivity (Wildman–Crippen MR) is 32.8 cm³/mol. The van der Waals surface area contributed by atoms with Crippen molar-refractivity contribution in [3.05, 3.63) is 0 Å². The summed E-state index contributed by atoms with van der Waals surface area (Å²) < 4.78 is 2.79. The van der Waals surface area contributed by atoms with Gasteiger partial charge in [-0.2, -0.15) is 0 Å². The first kappa shape index (κ1) is 3.87. The molecule has 5 heavy (non-hydrogen) atoms. The van der Waals surface area contributed by atoms with Gasteiger partial charge in [-0.25, -0.2) is 0 Å². The van der Waals surface area contributed by atoms with Crippen molar-refractivity contribution in [1.29, 1.82) is 0 Å². The molecule has 1 saturated heterocycles. The fourth-order valence-corrected chi connectivity index (χ4v) is 1.90. The fraction of sp³-hybridized carbons (Fsp3) is 1.00. The third kappa shape index (κ3) is 0.758. The van der Waals surface area contributed by atoms with Gasteiger partial charge in [0.1, 0.15) is 0 Å². The molecule has 0 unspecified atom stereocenters. The molecule has 1 heterocycles. The van der Waals surface area contributed by atoms with Gasteiger partial charge in [0, 0.05) is 0 Å². The van der Waals surface area contributed by atoms with Crippen LogP contribution in [-0.2, 0) is 0 Å². The maximum absolute atomic E-state index is 3.23. The van der Waals surface area contributed by atoms with Crippen molar-refractivity contribution in [2.75, 3.05) is 14.0 Å². The van der Waals surface area contributed by atoms with Gasteiger partial charge in [0.15, 0.2) is 0 Å². The average molecular weight is 185 g/mol. The molecular weight excluding hydrogens is 177 g/mol. The molecule has 1 rings (SSSR count). The van der Waals surface area contributed by atoms with E-state index < -0.39 is 0 Å². The minimum atomic E-state index is -0.213. The molecule has 1 nitrogen and oxygen atoms in total. The molecule has 32 valence electrons. The third-order valence-electron chi connectivity index (χ3n) is 0.645. The Kier molecular flexibility index (Phi) is 1.10. The SMILES string of the molecule is CI1CNC1. The van der Waals surface area contributed by atoms with Crippen molar-refractivity contribution in [2.24, 2.45) is 0 Å². The van der Waals surface area contributed by atoms with Crippen LogP contribution in [0.2, 0.25) is 0 Å². The Morgan fingerprint density at radius 2 is 2.00 bits per heavy atom. The van der Waals surface area contributed by atoms with E-state index in [-0.39, 0.29) is 19.8 Å².